The van der Waals surface area contributed by atoms with E-state index >= 15 is 0 Å². The Balaban J connectivity index is 1.94. The molecule has 6 nitrogen and oxygen atoms in total. The molecule has 3 heterocycles. The molecule has 0 unspecified atom stereocenters. The summed E-state index contributed by atoms with van der Waals surface area (Å²) in [5, 5.41) is 14.2. The molecule has 1 saturated heterocycles. The molecule has 0 atom stereocenters. The number of halogens is 3. The number of nitrogens with zero attached hydrogens (tertiary/aromatic N) is 4. The second kappa shape index (κ2) is 7.88. The zero-order chi connectivity index (χ0) is 28.6. The van der Waals surface area contributed by atoms with Crippen molar-refractivity contribution < 1.29 is 34.0 Å². The van der Waals surface area contributed by atoms with Crippen LogP contribution in [0.25, 0.3) is 5.65 Å². The van der Waals surface area contributed by atoms with Gasteiger partial charge in [0.05, 0.1) is 47.6 Å². The van der Waals surface area contributed by atoms with Gasteiger partial charge in [-0.25, -0.2) is 9.50 Å². The van der Waals surface area contributed by atoms with Crippen molar-refractivity contribution in [1.82, 2.24) is 14.6 Å². The van der Waals surface area contributed by atoms with E-state index in [9.17, 15) is 18.3 Å². The van der Waals surface area contributed by atoms with E-state index in [1.807, 2.05) is 0 Å². The van der Waals surface area contributed by atoms with Crippen molar-refractivity contribution in [2.45, 2.75) is 33.1 Å². The smallest absolute Gasteiger partial charge is 0.390 e. The third kappa shape index (κ3) is 3.75. The number of aryl methyl sites for hydroxylation is 1. The number of hydrogen-bond acceptors (Lipinski definition) is 5. The molecule has 1 N–H and O–H groups in total. The van der Waals surface area contributed by atoms with Gasteiger partial charge in [-0.15, -0.1) is 5.10 Å². The molecule has 1 aliphatic rings. The number of imidazole rings is 1. The fourth-order valence-corrected chi connectivity index (χ4v) is 3.32. The van der Waals surface area contributed by atoms with E-state index in [0.29, 0.717) is 0 Å². The van der Waals surface area contributed by atoms with Gasteiger partial charge < -0.3 is 14.7 Å². The van der Waals surface area contributed by atoms with E-state index < -0.39 is 50.3 Å². The van der Waals surface area contributed by atoms with Crippen LogP contribution in [0, 0.1) is 13.8 Å². The maximum absolute atomic E-state index is 13.5. The molecule has 0 saturated carbocycles. The van der Waals surface area contributed by atoms with Gasteiger partial charge in [0.25, 0.3) is 0 Å². The molecule has 160 valence electrons. The van der Waals surface area contributed by atoms with Crippen LogP contribution in [0.3, 0.4) is 0 Å². The molecule has 0 bridgehead atoms. The maximum Gasteiger partial charge on any atom is 0.416 e. The van der Waals surface area contributed by atoms with Gasteiger partial charge >= 0.3 is 6.18 Å². The first kappa shape index (κ1) is 12.9. The van der Waals surface area contributed by atoms with Gasteiger partial charge in [0.2, 0.25) is 0 Å². The van der Waals surface area contributed by atoms with Crippen LogP contribution in [0.1, 0.15) is 44.6 Å². The second-order valence-corrected chi connectivity index (χ2v) is 6.71. The molecule has 1 aliphatic heterocycles. The Morgan fingerprint density at radius 3 is 2.63 bits per heavy atom. The number of ether oxygens (including phenoxy) is 1. The Morgan fingerprint density at radius 1 is 1.23 bits per heavy atom. The average Bonchev–Trinajstić information content (AvgIpc) is 3.10. The first-order valence-electron chi connectivity index (χ1n) is 12.9. The van der Waals surface area contributed by atoms with Crippen LogP contribution in [0.5, 0.6) is 0 Å². The van der Waals surface area contributed by atoms with Crippen LogP contribution in [0.15, 0.2) is 24.3 Å². The Bertz CT molecular complexity index is 1390. The standard InChI is InChI=1S/C21H23F3N4O2/c1-13-10-19(27-6-8-30-9-7-27)26-28-18(17(12-29)25-20(13)28)11-15-4-3-5-16(14(15)2)21(22,23)24/h3-5,10,29H,6-9,11-12H2,1-2H3/i6D2,7D2,8D2,9D2. The number of anilines is 1. The number of morpholine rings is 1. The van der Waals surface area contributed by atoms with Gasteiger partial charge in [0.1, 0.15) is 5.82 Å². The van der Waals surface area contributed by atoms with E-state index in [-0.39, 0.29) is 45.0 Å². The molecular weight excluding hydrogens is 397 g/mol. The summed E-state index contributed by atoms with van der Waals surface area (Å²) >= 11 is 0. The summed E-state index contributed by atoms with van der Waals surface area (Å²) in [6, 6.07) is 4.81. The number of hydrogen-bond donors (Lipinski definition) is 1. The number of aliphatic hydroxyl groups is 1. The molecule has 1 aromatic carbocycles. The summed E-state index contributed by atoms with van der Waals surface area (Å²) in [5.74, 6) is -0.523. The Morgan fingerprint density at radius 2 is 1.97 bits per heavy atom. The molecular formula is C21H23F3N4O2. The predicted molar refractivity (Wildman–Crippen MR) is 106 cm³/mol. The van der Waals surface area contributed by atoms with Crippen molar-refractivity contribution >= 4 is 11.5 Å². The average molecular weight is 428 g/mol. The topological polar surface area (TPSA) is 62.9 Å². The normalized spacial score (nSPS) is 25.9. The van der Waals surface area contributed by atoms with Gasteiger partial charge in [-0.3, -0.25) is 0 Å². The third-order valence-corrected chi connectivity index (χ3v) is 4.84. The molecule has 30 heavy (non-hydrogen) atoms. The Labute approximate surface area is 183 Å². The summed E-state index contributed by atoms with van der Waals surface area (Å²) in [5.41, 5.74) is -0.0598. The second-order valence-electron chi connectivity index (χ2n) is 6.71. The fraction of sp³-hybridized carbons (Fsp3) is 0.429. The van der Waals surface area contributed by atoms with Gasteiger partial charge in [-0.05, 0) is 42.7 Å². The number of rotatable bonds is 4. The first-order valence-corrected chi connectivity index (χ1v) is 8.91. The number of aromatic nitrogens is 3. The highest BCUT2D eigenvalue weighted by molar-refractivity contribution is 5.56. The highest BCUT2D eigenvalue weighted by atomic mass is 19.4. The monoisotopic (exact) mass is 428 g/mol. The van der Waals surface area contributed by atoms with Crippen LogP contribution in [0.4, 0.5) is 19.0 Å². The first-order chi connectivity index (χ1) is 17.3. The number of fused-ring (bicyclic) bond motifs is 1. The van der Waals surface area contributed by atoms with E-state index in [0.717, 1.165) is 10.6 Å². The van der Waals surface area contributed by atoms with Crippen LogP contribution in [-0.2, 0) is 23.9 Å². The summed E-state index contributed by atoms with van der Waals surface area (Å²) in [6.07, 6.45) is -4.79. The lowest BCUT2D eigenvalue weighted by Gasteiger charge is -2.28. The summed E-state index contributed by atoms with van der Waals surface area (Å²) in [4.78, 5) is 4.50. The predicted octanol–water partition coefficient (Wildman–Crippen LogP) is 3.28. The zero-order valence-corrected chi connectivity index (χ0v) is 16.0. The molecule has 1 fully saturated rings. The van der Waals surface area contributed by atoms with Crippen molar-refractivity contribution in [3.8, 4) is 0 Å². The van der Waals surface area contributed by atoms with Crippen molar-refractivity contribution in [2.75, 3.05) is 31.0 Å². The van der Waals surface area contributed by atoms with Crippen molar-refractivity contribution in [2.24, 2.45) is 0 Å². The van der Waals surface area contributed by atoms with E-state index in [1.165, 1.54) is 32.0 Å². The highest BCUT2D eigenvalue weighted by Gasteiger charge is 2.33. The molecule has 4 rings (SSSR count). The van der Waals surface area contributed by atoms with Crippen molar-refractivity contribution in [3.63, 3.8) is 0 Å². The molecule has 9 heteroatoms. The molecule has 0 amide bonds. The van der Waals surface area contributed by atoms with Crippen LogP contribution < -0.4 is 4.90 Å². The molecule has 2 aromatic heterocycles. The molecule has 0 aliphatic carbocycles. The minimum absolute atomic E-state index is 0.0612. The summed E-state index contributed by atoms with van der Waals surface area (Å²) in [6.45, 7) is -10.9. The van der Waals surface area contributed by atoms with Crippen LogP contribution in [-0.4, -0.2) is 45.8 Å². The van der Waals surface area contributed by atoms with Crippen LogP contribution >= 0.6 is 0 Å². The van der Waals surface area contributed by atoms with Gasteiger partial charge in [-0.1, -0.05) is 12.1 Å². The largest absolute Gasteiger partial charge is 0.416 e. The lowest BCUT2D eigenvalue weighted by Crippen LogP contribution is -2.37. The van der Waals surface area contributed by atoms with Crippen LogP contribution in [0.2, 0.25) is 0 Å². The van der Waals surface area contributed by atoms with E-state index in [1.54, 1.807) is 0 Å². The summed E-state index contributed by atoms with van der Waals surface area (Å²) in [7, 11) is 0. The van der Waals surface area contributed by atoms with Gasteiger partial charge in [-0.2, -0.15) is 13.2 Å². The summed E-state index contributed by atoms with van der Waals surface area (Å²) < 4.78 is 111. The zero-order valence-electron chi connectivity index (χ0n) is 24.0. The lowest BCUT2D eigenvalue weighted by molar-refractivity contribution is -0.138. The Hall–Kier alpha value is -2.65. The number of aliphatic hydroxyl groups excluding tert-OH is 1. The van der Waals surface area contributed by atoms with Gasteiger partial charge in [0, 0.05) is 19.4 Å². The molecule has 0 radical (unpaired) electrons. The fourth-order valence-electron chi connectivity index (χ4n) is 3.32. The SMILES string of the molecule is [2H]C1([2H])OC([2H])([2H])C([2H])([2H])N(c2cc(C)c3nc(CO)c(Cc4cccc(C(F)(F)F)c4C)n3n2)C1([2H])[2H]. The number of benzene rings is 1. The quantitative estimate of drug-likeness (QED) is 0.691. The number of alkyl halides is 3. The van der Waals surface area contributed by atoms with Crippen molar-refractivity contribution in [3.05, 3.63) is 57.9 Å². The van der Waals surface area contributed by atoms with Crippen molar-refractivity contribution in [1.29, 1.82) is 0 Å². The molecule has 0 spiro atoms. The van der Waals surface area contributed by atoms with E-state index in [2.05, 4.69) is 14.8 Å². The Kier molecular flexibility index (Phi) is 3.39. The highest BCUT2D eigenvalue weighted by Crippen LogP contribution is 2.34. The van der Waals surface area contributed by atoms with Gasteiger partial charge in [0.15, 0.2) is 5.65 Å². The minimum Gasteiger partial charge on any atom is -0.390 e. The lowest BCUT2D eigenvalue weighted by atomic mass is 9.98. The maximum atomic E-state index is 13.5. The molecule has 3 aromatic rings. The third-order valence-electron chi connectivity index (χ3n) is 4.84. The minimum atomic E-state index is -4.60. The van der Waals surface area contributed by atoms with E-state index in [4.69, 9.17) is 11.0 Å².